The minimum Gasteiger partial charge on any atom is -0.357 e. The first kappa shape index (κ1) is 17.8. The van der Waals surface area contributed by atoms with Gasteiger partial charge >= 0.3 is 0 Å². The Hall–Kier alpha value is -1.50. The summed E-state index contributed by atoms with van der Waals surface area (Å²) in [6.45, 7) is 4.15. The van der Waals surface area contributed by atoms with Gasteiger partial charge in [-0.1, -0.05) is 0 Å². The van der Waals surface area contributed by atoms with Crippen LogP contribution < -0.4 is 5.32 Å². The van der Waals surface area contributed by atoms with Crippen molar-refractivity contribution in [2.45, 2.75) is 26.3 Å². The number of nitrogens with zero attached hydrogens (tertiary/aromatic N) is 3. The molecule has 1 N–H and O–H groups in total. The number of aliphatic imine (C=N–C) groups is 1. The summed E-state index contributed by atoms with van der Waals surface area (Å²) >= 11 is 0. The van der Waals surface area contributed by atoms with Crippen LogP contribution in [0, 0.1) is 5.41 Å². The molecule has 0 aromatic carbocycles. The van der Waals surface area contributed by atoms with Crippen molar-refractivity contribution in [2.24, 2.45) is 17.5 Å². The number of rotatable bonds is 7. The van der Waals surface area contributed by atoms with Crippen LogP contribution in [0.3, 0.4) is 0 Å². The first-order chi connectivity index (χ1) is 10.7. The number of hydrogen-bond donors (Lipinski definition) is 1. The maximum atomic E-state index is 11.6. The van der Waals surface area contributed by atoms with E-state index in [9.17, 15) is 8.42 Å². The zero-order valence-electron chi connectivity index (χ0n) is 14.5. The van der Waals surface area contributed by atoms with Gasteiger partial charge in [-0.05, 0) is 31.9 Å². The van der Waals surface area contributed by atoms with Crippen molar-refractivity contribution in [1.29, 1.82) is 0 Å². The third-order valence-electron chi connectivity index (χ3n) is 4.24. The highest BCUT2D eigenvalue weighted by Crippen LogP contribution is 2.46. The molecule has 1 heterocycles. The summed E-state index contributed by atoms with van der Waals surface area (Å²) in [5.74, 6) is 1.07. The molecule has 1 aliphatic rings. The Bertz CT molecular complexity index is 659. The zero-order chi connectivity index (χ0) is 17.1. The molecule has 0 radical (unpaired) electrons. The van der Waals surface area contributed by atoms with Crippen molar-refractivity contribution >= 4 is 15.8 Å². The van der Waals surface area contributed by atoms with E-state index < -0.39 is 9.84 Å². The SMILES string of the molecule is CCNC(=NCC1(CS(C)(=O)=O)CC1)N(C)Cc1cccn1C. The molecule has 1 fully saturated rings. The molecule has 0 saturated heterocycles. The summed E-state index contributed by atoms with van der Waals surface area (Å²) in [7, 11) is 1.08. The number of sulfone groups is 1. The van der Waals surface area contributed by atoms with Gasteiger partial charge in [-0.2, -0.15) is 0 Å². The molecule has 7 heteroatoms. The molecule has 130 valence electrons. The lowest BCUT2D eigenvalue weighted by atomic mass is 10.1. The van der Waals surface area contributed by atoms with Gasteiger partial charge in [0, 0.05) is 50.7 Å². The second-order valence-electron chi connectivity index (χ2n) is 6.71. The average Bonchev–Trinajstić information content (AvgIpc) is 3.07. The summed E-state index contributed by atoms with van der Waals surface area (Å²) in [5, 5.41) is 3.29. The molecule has 0 spiro atoms. The predicted octanol–water partition coefficient (Wildman–Crippen LogP) is 1.25. The van der Waals surface area contributed by atoms with Crippen molar-refractivity contribution in [3.63, 3.8) is 0 Å². The molecule has 0 amide bonds. The molecule has 1 aromatic heterocycles. The van der Waals surface area contributed by atoms with Crippen molar-refractivity contribution in [3.8, 4) is 0 Å². The molecule has 1 aliphatic carbocycles. The molecular weight excluding hydrogens is 312 g/mol. The maximum Gasteiger partial charge on any atom is 0.194 e. The second-order valence-corrected chi connectivity index (χ2v) is 8.85. The maximum absolute atomic E-state index is 11.6. The van der Waals surface area contributed by atoms with Gasteiger partial charge < -0.3 is 14.8 Å². The van der Waals surface area contributed by atoms with Gasteiger partial charge in [-0.15, -0.1) is 0 Å². The highest BCUT2D eigenvalue weighted by Gasteiger charge is 2.45. The largest absolute Gasteiger partial charge is 0.357 e. The van der Waals surface area contributed by atoms with Crippen LogP contribution in [0.1, 0.15) is 25.5 Å². The first-order valence-corrected chi connectivity index (χ1v) is 10.1. The highest BCUT2D eigenvalue weighted by molar-refractivity contribution is 7.90. The van der Waals surface area contributed by atoms with Crippen molar-refractivity contribution in [1.82, 2.24) is 14.8 Å². The summed E-state index contributed by atoms with van der Waals surface area (Å²) < 4.78 is 25.2. The number of hydrogen-bond acceptors (Lipinski definition) is 3. The van der Waals surface area contributed by atoms with E-state index in [1.165, 1.54) is 11.9 Å². The van der Waals surface area contributed by atoms with Crippen LogP contribution in [0.15, 0.2) is 23.3 Å². The normalized spacial score (nSPS) is 17.1. The predicted molar refractivity (Wildman–Crippen MR) is 94.2 cm³/mol. The van der Waals surface area contributed by atoms with E-state index in [-0.39, 0.29) is 11.2 Å². The Balaban J connectivity index is 2.04. The summed E-state index contributed by atoms with van der Waals surface area (Å²) in [6, 6.07) is 4.12. The van der Waals surface area contributed by atoms with Crippen LogP contribution in [0.4, 0.5) is 0 Å². The van der Waals surface area contributed by atoms with E-state index in [0.717, 1.165) is 31.9 Å². The van der Waals surface area contributed by atoms with E-state index in [0.29, 0.717) is 6.54 Å². The number of guanidine groups is 1. The van der Waals surface area contributed by atoms with E-state index >= 15 is 0 Å². The number of aryl methyl sites for hydroxylation is 1. The Morgan fingerprint density at radius 3 is 2.65 bits per heavy atom. The Morgan fingerprint density at radius 1 is 1.48 bits per heavy atom. The van der Waals surface area contributed by atoms with Gasteiger partial charge in [0.05, 0.1) is 12.3 Å². The fourth-order valence-electron chi connectivity index (χ4n) is 2.77. The van der Waals surface area contributed by atoms with Crippen molar-refractivity contribution in [3.05, 3.63) is 24.0 Å². The summed E-state index contributed by atoms with van der Waals surface area (Å²) in [4.78, 5) is 6.78. The van der Waals surface area contributed by atoms with Crippen molar-refractivity contribution < 1.29 is 8.42 Å². The smallest absolute Gasteiger partial charge is 0.194 e. The molecule has 0 bridgehead atoms. The third-order valence-corrected chi connectivity index (χ3v) is 5.37. The van der Waals surface area contributed by atoms with Crippen LogP contribution in [-0.4, -0.2) is 56.0 Å². The summed E-state index contributed by atoms with van der Waals surface area (Å²) in [6.07, 6.45) is 5.23. The molecule has 0 atom stereocenters. The van der Waals surface area contributed by atoms with Gasteiger partial charge in [0.15, 0.2) is 5.96 Å². The molecule has 1 aromatic rings. The Kier molecular flexibility index (Phi) is 5.39. The van der Waals surface area contributed by atoms with E-state index in [1.54, 1.807) is 0 Å². The standard InChI is InChI=1S/C16H28N4O2S/c1-5-17-15(20(3)11-14-7-6-10-19(14)2)18-12-16(8-9-16)13-23(4,21)22/h6-7,10H,5,8-9,11-13H2,1-4H3,(H,17,18). The molecule has 1 saturated carbocycles. The molecule has 0 unspecified atom stereocenters. The lowest BCUT2D eigenvalue weighted by Gasteiger charge is -2.23. The van der Waals surface area contributed by atoms with Crippen LogP contribution >= 0.6 is 0 Å². The van der Waals surface area contributed by atoms with Gasteiger partial charge in [0.2, 0.25) is 0 Å². The lowest BCUT2D eigenvalue weighted by molar-refractivity contribution is 0.456. The van der Waals surface area contributed by atoms with Gasteiger partial charge in [-0.3, -0.25) is 4.99 Å². The molecule has 0 aliphatic heterocycles. The van der Waals surface area contributed by atoms with Crippen LogP contribution in [0.5, 0.6) is 0 Å². The molecule has 6 nitrogen and oxygen atoms in total. The van der Waals surface area contributed by atoms with E-state index in [4.69, 9.17) is 4.99 Å². The van der Waals surface area contributed by atoms with Gasteiger partial charge in [0.25, 0.3) is 0 Å². The van der Waals surface area contributed by atoms with Gasteiger partial charge in [0.1, 0.15) is 9.84 Å². The fraction of sp³-hybridized carbons (Fsp3) is 0.688. The third kappa shape index (κ3) is 5.27. The van der Waals surface area contributed by atoms with Gasteiger partial charge in [-0.25, -0.2) is 8.42 Å². The number of nitrogens with one attached hydrogen (secondary N) is 1. The first-order valence-electron chi connectivity index (χ1n) is 8.02. The lowest BCUT2D eigenvalue weighted by Crippen LogP contribution is -2.39. The second kappa shape index (κ2) is 6.95. The van der Waals surface area contributed by atoms with Crippen LogP contribution in [-0.2, 0) is 23.4 Å². The minimum absolute atomic E-state index is 0.139. The fourth-order valence-corrected chi connectivity index (χ4v) is 4.26. The van der Waals surface area contributed by atoms with E-state index in [2.05, 4.69) is 20.9 Å². The highest BCUT2D eigenvalue weighted by atomic mass is 32.2. The van der Waals surface area contributed by atoms with Crippen LogP contribution in [0.25, 0.3) is 0 Å². The topological polar surface area (TPSA) is 66.7 Å². The average molecular weight is 340 g/mol. The molecular formula is C16H28N4O2S. The summed E-state index contributed by atoms with van der Waals surface area (Å²) in [5.41, 5.74) is 1.07. The Labute approximate surface area is 139 Å². The Morgan fingerprint density at radius 2 is 2.17 bits per heavy atom. The minimum atomic E-state index is -2.95. The molecule has 23 heavy (non-hydrogen) atoms. The van der Waals surface area contributed by atoms with Crippen LogP contribution in [0.2, 0.25) is 0 Å². The monoisotopic (exact) mass is 340 g/mol. The number of aromatic nitrogens is 1. The van der Waals surface area contributed by atoms with E-state index in [1.807, 2.05) is 33.3 Å². The molecule has 2 rings (SSSR count). The quantitative estimate of drug-likeness (QED) is 0.599. The van der Waals surface area contributed by atoms with Crippen molar-refractivity contribution in [2.75, 3.05) is 32.1 Å². The zero-order valence-corrected chi connectivity index (χ0v) is 15.4.